The molecule has 0 unspecified atom stereocenters. The number of nitrogens with zero attached hydrogens (tertiary/aromatic N) is 2. The van der Waals surface area contributed by atoms with E-state index in [1.165, 1.54) is 6.92 Å². The zero-order valence-electron chi connectivity index (χ0n) is 23.0. The average molecular weight is 512 g/mol. The van der Waals surface area contributed by atoms with Crippen LogP contribution in [-0.2, 0) is 16.0 Å². The van der Waals surface area contributed by atoms with Gasteiger partial charge >= 0.3 is 0 Å². The topological polar surface area (TPSA) is 79.4 Å². The lowest BCUT2D eigenvalue weighted by Crippen LogP contribution is -2.53. The van der Waals surface area contributed by atoms with E-state index in [1.54, 1.807) is 11.1 Å². The van der Waals surface area contributed by atoms with Gasteiger partial charge in [0, 0.05) is 36.5 Å². The highest BCUT2D eigenvalue weighted by Gasteiger charge is 2.35. The Labute approximate surface area is 225 Å². The van der Waals surface area contributed by atoms with Crippen molar-refractivity contribution < 1.29 is 14.4 Å². The number of hydrogen-bond acceptors (Lipinski definition) is 4. The largest absolute Gasteiger partial charge is 0.347 e. The van der Waals surface area contributed by atoms with E-state index >= 15 is 0 Å². The fourth-order valence-corrected chi connectivity index (χ4v) is 5.43. The third-order valence-corrected chi connectivity index (χ3v) is 7.24. The Hall–Kier alpha value is -3.80. The lowest BCUT2D eigenvalue weighted by atomic mass is 9.93. The maximum atomic E-state index is 13.8. The van der Waals surface area contributed by atoms with E-state index in [0.717, 1.165) is 33.4 Å². The van der Waals surface area contributed by atoms with E-state index in [0.29, 0.717) is 24.9 Å². The van der Waals surface area contributed by atoms with Gasteiger partial charge in [0.25, 0.3) is 5.91 Å². The fourth-order valence-electron chi connectivity index (χ4n) is 5.43. The van der Waals surface area contributed by atoms with Gasteiger partial charge in [-0.25, -0.2) is 0 Å². The minimum Gasteiger partial charge on any atom is -0.347 e. The number of aromatic nitrogens is 1. The van der Waals surface area contributed by atoms with Gasteiger partial charge in [-0.2, -0.15) is 0 Å². The molecule has 0 aliphatic carbocycles. The number of amides is 2. The van der Waals surface area contributed by atoms with Gasteiger partial charge in [-0.3, -0.25) is 19.4 Å². The zero-order valence-corrected chi connectivity index (χ0v) is 23.0. The Balaban J connectivity index is 1.64. The van der Waals surface area contributed by atoms with Crippen LogP contribution in [-0.4, -0.2) is 40.1 Å². The molecule has 0 saturated carbocycles. The minimum absolute atomic E-state index is 0.0313. The Kier molecular flexibility index (Phi) is 8.40. The van der Waals surface area contributed by atoms with Crippen molar-refractivity contribution in [1.29, 1.82) is 0 Å². The Morgan fingerprint density at radius 3 is 2.42 bits per heavy atom. The van der Waals surface area contributed by atoms with Crippen LogP contribution in [0.5, 0.6) is 0 Å². The molecule has 0 bridgehead atoms. The van der Waals surface area contributed by atoms with Crippen LogP contribution in [0.15, 0.2) is 60.9 Å². The van der Waals surface area contributed by atoms with Crippen LogP contribution < -0.4 is 5.32 Å². The quantitative estimate of drug-likeness (QED) is 0.405. The number of rotatable bonds is 9. The zero-order chi connectivity index (χ0) is 27.4. The van der Waals surface area contributed by atoms with Gasteiger partial charge in [-0.1, -0.05) is 50.2 Å². The van der Waals surface area contributed by atoms with E-state index in [9.17, 15) is 14.4 Å². The number of Topliss-reactive ketones (excluding diaryl/α,β-unsaturated/α-hetero) is 1. The van der Waals surface area contributed by atoms with E-state index in [1.807, 2.05) is 56.4 Å². The van der Waals surface area contributed by atoms with Crippen molar-refractivity contribution >= 4 is 17.6 Å². The van der Waals surface area contributed by atoms with Crippen LogP contribution in [0, 0.1) is 19.8 Å². The van der Waals surface area contributed by atoms with E-state index in [-0.39, 0.29) is 29.9 Å². The van der Waals surface area contributed by atoms with Crippen LogP contribution in [0.25, 0.3) is 11.1 Å². The Morgan fingerprint density at radius 1 is 1.03 bits per heavy atom. The number of carbonyl (C=O) groups excluding carboxylic acids is 3. The lowest BCUT2D eigenvalue weighted by Gasteiger charge is -2.36. The SMILES string of the molecule is CC(=O)C[C@H](NC(=O)[C@H](CC(C)C)N1CCc2ccccc2C1=O)c1cncc(-c2c(C)cccc2C)c1. The molecule has 2 amide bonds. The first kappa shape index (κ1) is 27.2. The first-order valence-electron chi connectivity index (χ1n) is 13.4. The first-order valence-corrected chi connectivity index (χ1v) is 13.4. The summed E-state index contributed by atoms with van der Waals surface area (Å²) in [6.07, 6.45) is 4.92. The molecule has 198 valence electrons. The maximum absolute atomic E-state index is 13.8. The molecule has 0 spiro atoms. The minimum atomic E-state index is -0.625. The van der Waals surface area contributed by atoms with Gasteiger partial charge in [0.15, 0.2) is 0 Å². The summed E-state index contributed by atoms with van der Waals surface area (Å²) >= 11 is 0. The Bertz CT molecular complexity index is 1330. The summed E-state index contributed by atoms with van der Waals surface area (Å²) in [5.74, 6) is -0.184. The predicted octanol–water partition coefficient (Wildman–Crippen LogP) is 5.62. The van der Waals surface area contributed by atoms with Crippen LogP contribution in [0.4, 0.5) is 0 Å². The molecule has 0 radical (unpaired) electrons. The summed E-state index contributed by atoms with van der Waals surface area (Å²) < 4.78 is 0. The highest BCUT2D eigenvalue weighted by atomic mass is 16.2. The van der Waals surface area contributed by atoms with Crippen LogP contribution in [0.2, 0.25) is 0 Å². The molecular formula is C32H37N3O3. The van der Waals surface area contributed by atoms with E-state index in [2.05, 4.69) is 36.3 Å². The summed E-state index contributed by atoms with van der Waals surface area (Å²) in [5, 5.41) is 3.13. The molecule has 2 atom stereocenters. The van der Waals surface area contributed by atoms with Gasteiger partial charge in [0.2, 0.25) is 5.91 Å². The second-order valence-electron chi connectivity index (χ2n) is 10.8. The molecule has 2 heterocycles. The predicted molar refractivity (Wildman–Crippen MR) is 150 cm³/mol. The molecule has 6 heteroatoms. The highest BCUT2D eigenvalue weighted by Crippen LogP contribution is 2.30. The van der Waals surface area contributed by atoms with Crippen molar-refractivity contribution in [3.8, 4) is 11.1 Å². The van der Waals surface area contributed by atoms with Gasteiger partial charge in [-0.05, 0) is 79.5 Å². The summed E-state index contributed by atoms with van der Waals surface area (Å²) in [4.78, 5) is 45.7. The normalized spacial score (nSPS) is 14.7. The lowest BCUT2D eigenvalue weighted by molar-refractivity contribution is -0.127. The maximum Gasteiger partial charge on any atom is 0.254 e. The van der Waals surface area contributed by atoms with Crippen molar-refractivity contribution in [2.45, 2.75) is 66.0 Å². The molecule has 4 rings (SSSR count). The van der Waals surface area contributed by atoms with Gasteiger partial charge in [0.1, 0.15) is 11.8 Å². The standard InChI is InChI=1S/C32H37N3O3/c1-20(2)15-29(35-14-13-24-11-6-7-12-27(24)32(35)38)31(37)34-28(16-23(5)36)25-17-26(19-33-18-25)30-21(3)9-8-10-22(30)4/h6-12,17-20,28-29H,13-16H2,1-5H3,(H,34,37)/t28-,29-/m0/s1. The second-order valence-corrected chi connectivity index (χ2v) is 10.8. The van der Waals surface area contributed by atoms with Gasteiger partial charge < -0.3 is 10.2 Å². The molecule has 1 aromatic heterocycles. The van der Waals surface area contributed by atoms with Crippen molar-refractivity contribution in [2.24, 2.45) is 5.92 Å². The first-order chi connectivity index (χ1) is 18.2. The van der Waals surface area contributed by atoms with Crippen LogP contribution in [0.1, 0.15) is 72.3 Å². The van der Waals surface area contributed by atoms with Gasteiger partial charge in [0.05, 0.1) is 6.04 Å². The second kappa shape index (κ2) is 11.7. The number of nitrogens with one attached hydrogen (secondary N) is 1. The molecule has 2 aromatic carbocycles. The fraction of sp³-hybridized carbons (Fsp3) is 0.375. The molecule has 1 aliphatic rings. The monoisotopic (exact) mass is 511 g/mol. The molecule has 3 aromatic rings. The molecule has 1 N–H and O–H groups in total. The van der Waals surface area contributed by atoms with Crippen molar-refractivity contribution in [1.82, 2.24) is 15.2 Å². The molecule has 38 heavy (non-hydrogen) atoms. The summed E-state index contributed by atoms with van der Waals surface area (Å²) in [6.45, 7) is 10.2. The summed E-state index contributed by atoms with van der Waals surface area (Å²) in [7, 11) is 0. The third kappa shape index (κ3) is 6.01. The number of carbonyl (C=O) groups is 3. The number of hydrogen-bond donors (Lipinski definition) is 1. The average Bonchev–Trinajstić information content (AvgIpc) is 2.87. The van der Waals surface area contributed by atoms with Gasteiger partial charge in [-0.15, -0.1) is 0 Å². The number of fused-ring (bicyclic) bond motifs is 1. The number of ketones is 1. The molecular weight excluding hydrogens is 474 g/mol. The third-order valence-electron chi connectivity index (χ3n) is 7.24. The number of benzene rings is 2. The highest BCUT2D eigenvalue weighted by molar-refractivity contribution is 5.99. The molecule has 1 aliphatic heterocycles. The van der Waals surface area contributed by atoms with E-state index in [4.69, 9.17) is 0 Å². The Morgan fingerprint density at radius 2 is 1.74 bits per heavy atom. The van der Waals surface area contributed by atoms with Crippen LogP contribution >= 0.6 is 0 Å². The number of aryl methyl sites for hydroxylation is 2. The smallest absolute Gasteiger partial charge is 0.254 e. The van der Waals surface area contributed by atoms with Crippen molar-refractivity contribution in [3.05, 3.63) is 88.7 Å². The molecule has 0 saturated heterocycles. The number of pyridine rings is 1. The van der Waals surface area contributed by atoms with Crippen molar-refractivity contribution in [2.75, 3.05) is 6.54 Å². The van der Waals surface area contributed by atoms with Crippen molar-refractivity contribution in [3.63, 3.8) is 0 Å². The van der Waals surface area contributed by atoms with E-state index < -0.39 is 12.1 Å². The molecule has 6 nitrogen and oxygen atoms in total. The molecule has 0 fully saturated rings. The summed E-state index contributed by atoms with van der Waals surface area (Å²) in [5.41, 5.74) is 6.76. The summed E-state index contributed by atoms with van der Waals surface area (Å²) in [6, 6.07) is 14.6. The van der Waals surface area contributed by atoms with Crippen LogP contribution in [0.3, 0.4) is 0 Å².